The SMILES string of the molecule is CC(=O)NC1NC(CCc2ccc(C(=N)N)cc2)=CS1. The summed E-state index contributed by atoms with van der Waals surface area (Å²) in [4.78, 5) is 11.0. The van der Waals surface area contributed by atoms with Crippen LogP contribution in [0.5, 0.6) is 0 Å². The minimum absolute atomic E-state index is 0.0375. The van der Waals surface area contributed by atoms with Crippen LogP contribution in [-0.4, -0.2) is 17.2 Å². The summed E-state index contributed by atoms with van der Waals surface area (Å²) in [6.45, 7) is 1.51. The van der Waals surface area contributed by atoms with E-state index in [9.17, 15) is 4.79 Å². The van der Waals surface area contributed by atoms with E-state index in [1.165, 1.54) is 12.5 Å². The summed E-state index contributed by atoms with van der Waals surface area (Å²) in [7, 11) is 0. The van der Waals surface area contributed by atoms with Gasteiger partial charge in [-0.3, -0.25) is 10.2 Å². The van der Waals surface area contributed by atoms with Crippen LogP contribution in [-0.2, 0) is 11.2 Å². The summed E-state index contributed by atoms with van der Waals surface area (Å²) < 4.78 is 0. The van der Waals surface area contributed by atoms with Crippen LogP contribution in [0.25, 0.3) is 0 Å². The van der Waals surface area contributed by atoms with Crippen molar-refractivity contribution in [1.29, 1.82) is 5.41 Å². The molecular weight excluding hydrogens is 272 g/mol. The fourth-order valence-electron chi connectivity index (χ4n) is 1.90. The lowest BCUT2D eigenvalue weighted by Crippen LogP contribution is -2.38. The molecule has 2 rings (SSSR count). The predicted molar refractivity (Wildman–Crippen MR) is 82.2 cm³/mol. The fraction of sp³-hybridized carbons (Fsp3) is 0.286. The van der Waals surface area contributed by atoms with Crippen molar-refractivity contribution < 1.29 is 4.79 Å². The Morgan fingerprint density at radius 3 is 2.70 bits per heavy atom. The first kappa shape index (κ1) is 14.5. The summed E-state index contributed by atoms with van der Waals surface area (Å²) in [5.41, 5.74) is 8.44. The minimum Gasteiger partial charge on any atom is -0.384 e. The molecule has 6 heteroatoms. The van der Waals surface area contributed by atoms with E-state index in [4.69, 9.17) is 11.1 Å². The largest absolute Gasteiger partial charge is 0.384 e. The first-order chi connectivity index (χ1) is 9.54. The van der Waals surface area contributed by atoms with Crippen molar-refractivity contribution in [2.75, 3.05) is 0 Å². The van der Waals surface area contributed by atoms with Gasteiger partial charge in [0.15, 0.2) is 5.50 Å². The Bertz CT molecular complexity index is 539. The first-order valence-corrected chi connectivity index (χ1v) is 7.30. The van der Waals surface area contributed by atoms with Crippen LogP contribution >= 0.6 is 11.8 Å². The van der Waals surface area contributed by atoms with Crippen LogP contribution in [0, 0.1) is 5.41 Å². The second kappa shape index (κ2) is 6.47. The fourth-order valence-corrected chi connectivity index (χ4v) is 2.84. The average Bonchev–Trinajstić information content (AvgIpc) is 2.83. The molecule has 1 aliphatic rings. The quantitative estimate of drug-likeness (QED) is 0.488. The molecule has 0 aliphatic carbocycles. The summed E-state index contributed by atoms with van der Waals surface area (Å²) >= 11 is 1.57. The number of aryl methyl sites for hydroxylation is 1. The molecule has 0 radical (unpaired) electrons. The molecule has 1 atom stereocenters. The Hall–Kier alpha value is -1.95. The van der Waals surface area contributed by atoms with E-state index in [1.807, 2.05) is 29.7 Å². The molecule has 1 aromatic rings. The Morgan fingerprint density at radius 2 is 2.10 bits per heavy atom. The highest BCUT2D eigenvalue weighted by Gasteiger charge is 2.16. The molecular formula is C14H18N4OS. The predicted octanol–water partition coefficient (Wildman–Crippen LogP) is 1.50. The van der Waals surface area contributed by atoms with Crippen LogP contribution < -0.4 is 16.4 Å². The highest BCUT2D eigenvalue weighted by atomic mass is 32.2. The molecule has 1 unspecified atom stereocenters. The van der Waals surface area contributed by atoms with Gasteiger partial charge in [0.1, 0.15) is 5.84 Å². The highest BCUT2D eigenvalue weighted by molar-refractivity contribution is 8.02. The number of rotatable bonds is 5. The van der Waals surface area contributed by atoms with Gasteiger partial charge in [-0.15, -0.1) is 0 Å². The summed E-state index contributed by atoms with van der Waals surface area (Å²) in [5.74, 6) is 0.0516. The van der Waals surface area contributed by atoms with E-state index in [2.05, 4.69) is 10.6 Å². The van der Waals surface area contributed by atoms with E-state index in [-0.39, 0.29) is 17.2 Å². The number of carbonyl (C=O) groups is 1. The van der Waals surface area contributed by atoms with E-state index in [0.29, 0.717) is 0 Å². The van der Waals surface area contributed by atoms with Gasteiger partial charge in [-0.2, -0.15) is 0 Å². The van der Waals surface area contributed by atoms with Crippen LogP contribution in [0.3, 0.4) is 0 Å². The van der Waals surface area contributed by atoms with Gasteiger partial charge in [-0.25, -0.2) is 0 Å². The van der Waals surface area contributed by atoms with Crippen molar-refractivity contribution in [2.24, 2.45) is 5.73 Å². The van der Waals surface area contributed by atoms with Crippen LogP contribution in [0.15, 0.2) is 35.4 Å². The molecule has 20 heavy (non-hydrogen) atoms. The third-order valence-electron chi connectivity index (χ3n) is 2.95. The average molecular weight is 290 g/mol. The lowest BCUT2D eigenvalue weighted by atomic mass is 10.1. The highest BCUT2D eigenvalue weighted by Crippen LogP contribution is 2.22. The Balaban J connectivity index is 1.81. The van der Waals surface area contributed by atoms with Gasteiger partial charge >= 0.3 is 0 Å². The number of thioether (sulfide) groups is 1. The maximum atomic E-state index is 11.0. The topological polar surface area (TPSA) is 91.0 Å². The summed E-state index contributed by atoms with van der Waals surface area (Å²) in [5, 5.41) is 15.5. The zero-order valence-corrected chi connectivity index (χ0v) is 12.1. The lowest BCUT2D eigenvalue weighted by Gasteiger charge is -2.13. The Labute approximate surface area is 122 Å². The number of benzene rings is 1. The van der Waals surface area contributed by atoms with Crippen LogP contribution in [0.4, 0.5) is 0 Å². The second-order valence-corrected chi connectivity index (χ2v) is 5.59. The maximum absolute atomic E-state index is 11.0. The first-order valence-electron chi connectivity index (χ1n) is 6.36. The van der Waals surface area contributed by atoms with Gasteiger partial charge in [-0.05, 0) is 23.8 Å². The van der Waals surface area contributed by atoms with Gasteiger partial charge in [0.05, 0.1) is 0 Å². The molecule has 5 N–H and O–H groups in total. The van der Waals surface area contributed by atoms with Gasteiger partial charge in [-0.1, -0.05) is 36.0 Å². The third-order valence-corrected chi connectivity index (χ3v) is 3.87. The number of nitrogens with one attached hydrogen (secondary N) is 3. The smallest absolute Gasteiger partial charge is 0.219 e. The van der Waals surface area contributed by atoms with Crippen LogP contribution in [0.2, 0.25) is 0 Å². The Kier molecular flexibility index (Phi) is 4.68. The number of amidine groups is 1. The molecule has 0 bridgehead atoms. The normalized spacial score (nSPS) is 17.2. The molecule has 0 saturated heterocycles. The van der Waals surface area contributed by atoms with E-state index in [0.717, 1.165) is 24.1 Å². The van der Waals surface area contributed by atoms with E-state index >= 15 is 0 Å². The Morgan fingerprint density at radius 1 is 1.40 bits per heavy atom. The number of nitrogen functional groups attached to an aromatic ring is 1. The molecule has 1 heterocycles. The standard InChI is InChI=1S/C14H18N4OS/c1-9(19)17-14-18-12(8-20-14)7-4-10-2-5-11(6-3-10)13(15)16/h2-3,5-6,8,14,18H,4,7H2,1H3,(H3,15,16)(H,17,19). The van der Waals surface area contributed by atoms with Crippen molar-refractivity contribution in [3.8, 4) is 0 Å². The molecule has 1 amide bonds. The zero-order valence-electron chi connectivity index (χ0n) is 11.3. The van der Waals surface area contributed by atoms with E-state index in [1.54, 1.807) is 11.8 Å². The van der Waals surface area contributed by atoms with Gasteiger partial charge in [0.25, 0.3) is 0 Å². The molecule has 106 valence electrons. The number of hydrogen-bond acceptors (Lipinski definition) is 4. The molecule has 1 aromatic carbocycles. The van der Waals surface area contributed by atoms with Crippen molar-refractivity contribution >= 4 is 23.5 Å². The number of hydrogen-bond donors (Lipinski definition) is 4. The molecule has 0 saturated carbocycles. The van der Waals surface area contributed by atoms with Gasteiger partial charge in [0, 0.05) is 18.2 Å². The van der Waals surface area contributed by atoms with Crippen molar-refractivity contribution in [3.05, 3.63) is 46.5 Å². The van der Waals surface area contributed by atoms with Crippen LogP contribution in [0.1, 0.15) is 24.5 Å². The maximum Gasteiger partial charge on any atom is 0.219 e. The molecule has 1 aliphatic heterocycles. The third kappa shape index (κ3) is 4.03. The zero-order chi connectivity index (χ0) is 14.5. The summed E-state index contributed by atoms with van der Waals surface area (Å²) in [6, 6.07) is 7.71. The number of carbonyl (C=O) groups excluding carboxylic acids is 1. The number of amides is 1. The van der Waals surface area contributed by atoms with Crippen molar-refractivity contribution in [3.63, 3.8) is 0 Å². The monoisotopic (exact) mass is 290 g/mol. The van der Waals surface area contributed by atoms with E-state index < -0.39 is 0 Å². The lowest BCUT2D eigenvalue weighted by molar-refractivity contribution is -0.119. The molecule has 5 nitrogen and oxygen atoms in total. The van der Waals surface area contributed by atoms with Crippen molar-refractivity contribution in [2.45, 2.75) is 25.3 Å². The summed E-state index contributed by atoms with van der Waals surface area (Å²) in [6.07, 6.45) is 1.80. The second-order valence-electron chi connectivity index (χ2n) is 4.61. The minimum atomic E-state index is -0.0532. The molecule has 0 aromatic heterocycles. The van der Waals surface area contributed by atoms with Gasteiger partial charge in [0.2, 0.25) is 5.91 Å². The number of allylic oxidation sites excluding steroid dienone is 1. The molecule has 0 fully saturated rings. The van der Waals surface area contributed by atoms with Gasteiger partial charge < -0.3 is 16.4 Å². The number of nitrogens with two attached hydrogens (primary N) is 1. The molecule has 0 spiro atoms. The van der Waals surface area contributed by atoms with Crippen molar-refractivity contribution in [1.82, 2.24) is 10.6 Å².